The van der Waals surface area contributed by atoms with Gasteiger partial charge in [-0.25, -0.2) is 4.58 Å². The fourth-order valence-electron chi connectivity index (χ4n) is 2.26. The quantitative estimate of drug-likeness (QED) is 0.740. The highest BCUT2D eigenvalue weighted by atomic mass is 15.1. The van der Waals surface area contributed by atoms with Crippen LogP contribution in [0.15, 0.2) is 48.5 Å². The van der Waals surface area contributed by atoms with E-state index < -0.39 is 0 Å². The van der Waals surface area contributed by atoms with Crippen molar-refractivity contribution in [2.75, 3.05) is 0 Å². The summed E-state index contributed by atoms with van der Waals surface area (Å²) in [6, 6.07) is 16.8. The monoisotopic (exact) mass is 223 g/mol. The molecule has 0 atom stereocenters. The Morgan fingerprint density at radius 2 is 1.71 bits per heavy atom. The molecule has 0 bridgehead atoms. The van der Waals surface area contributed by atoms with Crippen LogP contribution in [0, 0.1) is 6.92 Å². The summed E-state index contributed by atoms with van der Waals surface area (Å²) in [5.74, 6) is 0.851. The Labute approximate surface area is 101 Å². The third kappa shape index (κ3) is 1.62. The van der Waals surface area contributed by atoms with Crippen molar-refractivity contribution in [1.82, 2.24) is 0 Å². The van der Waals surface area contributed by atoms with E-state index in [1.807, 2.05) is 6.07 Å². The largest absolute Gasteiger partial charge is 0.286 e. The lowest BCUT2D eigenvalue weighted by molar-refractivity contribution is -0.453. The molecule has 2 heteroatoms. The average molecular weight is 223 g/mol. The Bertz CT molecular complexity index is 595. The maximum atomic E-state index is 6.20. The topological polar surface area (TPSA) is 29.0 Å². The lowest BCUT2D eigenvalue weighted by atomic mass is 10.1. The molecule has 17 heavy (non-hydrogen) atoms. The molecule has 1 aliphatic heterocycles. The van der Waals surface area contributed by atoms with Crippen LogP contribution in [0.4, 0.5) is 5.69 Å². The summed E-state index contributed by atoms with van der Waals surface area (Å²) in [4.78, 5) is 0. The molecule has 2 aromatic rings. The number of hydrogen-bond donors (Lipinski definition) is 1. The highest BCUT2D eigenvalue weighted by Gasteiger charge is 2.24. The summed E-state index contributed by atoms with van der Waals surface area (Å²) in [6.07, 6.45) is 0. The third-order valence-corrected chi connectivity index (χ3v) is 3.26. The summed E-state index contributed by atoms with van der Waals surface area (Å²) in [5, 5.41) is 0. The first-order chi connectivity index (χ1) is 8.25. The predicted octanol–water partition coefficient (Wildman–Crippen LogP) is 2.56. The van der Waals surface area contributed by atoms with Crippen molar-refractivity contribution in [3.05, 3.63) is 65.2 Å². The number of nitrogens with zero attached hydrogens (tertiary/aromatic N) is 1. The normalized spacial score (nSPS) is 13.9. The lowest BCUT2D eigenvalue weighted by Crippen LogP contribution is -2.19. The first-order valence-corrected chi connectivity index (χ1v) is 5.80. The molecule has 1 aliphatic rings. The van der Waals surface area contributed by atoms with Crippen LogP contribution in [0.2, 0.25) is 0 Å². The Morgan fingerprint density at radius 1 is 1.00 bits per heavy atom. The predicted molar refractivity (Wildman–Crippen MR) is 69.5 cm³/mol. The molecular formula is C15H15N2+. The Kier molecular flexibility index (Phi) is 2.22. The first kappa shape index (κ1) is 10.1. The van der Waals surface area contributed by atoms with Crippen LogP contribution < -0.4 is 5.73 Å². The maximum absolute atomic E-state index is 6.20. The minimum atomic E-state index is 0.851. The maximum Gasteiger partial charge on any atom is 0.280 e. The van der Waals surface area contributed by atoms with Gasteiger partial charge in [-0.15, -0.1) is 0 Å². The zero-order chi connectivity index (χ0) is 11.8. The van der Waals surface area contributed by atoms with Gasteiger partial charge in [-0.1, -0.05) is 35.9 Å². The van der Waals surface area contributed by atoms with Gasteiger partial charge < -0.3 is 0 Å². The summed E-state index contributed by atoms with van der Waals surface area (Å²) >= 11 is 0. The average Bonchev–Trinajstić information content (AvgIpc) is 2.69. The highest BCUT2D eigenvalue weighted by molar-refractivity contribution is 5.97. The van der Waals surface area contributed by atoms with Gasteiger partial charge in [0.2, 0.25) is 0 Å². The van der Waals surface area contributed by atoms with Crippen LogP contribution in [0.25, 0.3) is 0 Å². The molecule has 0 aliphatic carbocycles. The molecule has 0 saturated heterocycles. The number of fused-ring (bicyclic) bond motifs is 1. The van der Waals surface area contributed by atoms with Crippen molar-refractivity contribution < 1.29 is 4.58 Å². The number of benzene rings is 2. The van der Waals surface area contributed by atoms with Crippen LogP contribution >= 0.6 is 0 Å². The zero-order valence-electron chi connectivity index (χ0n) is 9.85. The molecular weight excluding hydrogens is 208 g/mol. The van der Waals surface area contributed by atoms with Crippen molar-refractivity contribution in [3.63, 3.8) is 0 Å². The van der Waals surface area contributed by atoms with Gasteiger partial charge in [0.05, 0.1) is 5.56 Å². The van der Waals surface area contributed by atoms with E-state index in [0.29, 0.717) is 0 Å². The van der Waals surface area contributed by atoms with Crippen LogP contribution in [-0.2, 0) is 6.54 Å². The van der Waals surface area contributed by atoms with E-state index in [1.165, 1.54) is 11.1 Å². The van der Waals surface area contributed by atoms with Crippen LogP contribution in [0.5, 0.6) is 0 Å². The third-order valence-electron chi connectivity index (χ3n) is 3.26. The number of amidine groups is 1. The fourth-order valence-corrected chi connectivity index (χ4v) is 2.26. The van der Waals surface area contributed by atoms with Gasteiger partial charge in [-0.05, 0) is 25.1 Å². The van der Waals surface area contributed by atoms with Crippen molar-refractivity contribution in [2.45, 2.75) is 13.5 Å². The molecule has 1 heterocycles. The van der Waals surface area contributed by atoms with Crippen LogP contribution in [-0.4, -0.2) is 10.4 Å². The molecule has 0 spiro atoms. The van der Waals surface area contributed by atoms with Gasteiger partial charge in [0, 0.05) is 5.56 Å². The molecule has 0 fully saturated rings. The second-order valence-corrected chi connectivity index (χ2v) is 4.46. The number of hydrogen-bond acceptors (Lipinski definition) is 1. The van der Waals surface area contributed by atoms with E-state index in [0.717, 1.165) is 23.6 Å². The van der Waals surface area contributed by atoms with E-state index in [2.05, 4.69) is 54.0 Å². The SMILES string of the molecule is Cc1ccc([N+]2=C(N)c3ccccc3C2)cc1. The van der Waals surface area contributed by atoms with E-state index in [4.69, 9.17) is 5.73 Å². The van der Waals surface area contributed by atoms with Gasteiger partial charge in [0.15, 0.2) is 0 Å². The molecule has 84 valence electrons. The second-order valence-electron chi connectivity index (χ2n) is 4.46. The van der Waals surface area contributed by atoms with Gasteiger partial charge in [0.1, 0.15) is 12.2 Å². The molecule has 3 rings (SSSR count). The fraction of sp³-hybridized carbons (Fsp3) is 0.133. The molecule has 2 N–H and O–H groups in total. The van der Waals surface area contributed by atoms with Crippen LogP contribution in [0.1, 0.15) is 16.7 Å². The molecule has 0 unspecified atom stereocenters. The van der Waals surface area contributed by atoms with Gasteiger partial charge >= 0.3 is 0 Å². The van der Waals surface area contributed by atoms with E-state index >= 15 is 0 Å². The minimum absolute atomic E-state index is 0.851. The molecule has 2 nitrogen and oxygen atoms in total. The van der Waals surface area contributed by atoms with Crippen molar-refractivity contribution in [1.29, 1.82) is 0 Å². The Morgan fingerprint density at radius 3 is 2.41 bits per heavy atom. The molecule has 0 saturated carbocycles. The molecule has 0 amide bonds. The molecule has 0 aromatic heterocycles. The second kappa shape index (κ2) is 3.74. The smallest absolute Gasteiger partial charge is 0.280 e. The van der Waals surface area contributed by atoms with Crippen molar-refractivity contribution in [3.8, 4) is 0 Å². The van der Waals surface area contributed by atoms with Crippen molar-refractivity contribution in [2.24, 2.45) is 5.73 Å². The zero-order valence-corrected chi connectivity index (χ0v) is 9.85. The summed E-state index contributed by atoms with van der Waals surface area (Å²) in [7, 11) is 0. The Balaban J connectivity index is 2.08. The van der Waals surface area contributed by atoms with Gasteiger partial charge in [-0.2, -0.15) is 0 Å². The number of aryl methyl sites for hydroxylation is 1. The van der Waals surface area contributed by atoms with Gasteiger partial charge in [0.25, 0.3) is 5.84 Å². The van der Waals surface area contributed by atoms with Crippen LogP contribution in [0.3, 0.4) is 0 Å². The number of nitrogens with two attached hydrogens (primary N) is 1. The summed E-state index contributed by atoms with van der Waals surface area (Å²) in [6.45, 7) is 2.96. The molecule has 2 aromatic carbocycles. The lowest BCUT2D eigenvalue weighted by Gasteiger charge is -2.02. The van der Waals surface area contributed by atoms with E-state index in [1.54, 1.807) is 0 Å². The highest BCUT2D eigenvalue weighted by Crippen LogP contribution is 2.23. The molecule has 0 radical (unpaired) electrons. The standard InChI is InChI=1S/C15H14N2/c1-11-6-8-13(9-7-11)17-10-12-4-2-3-5-14(12)15(17)16/h2-9,16H,10H2,1H3/p+1. The summed E-state index contributed by atoms with van der Waals surface area (Å²) in [5.41, 5.74) is 11.1. The van der Waals surface area contributed by atoms with Gasteiger partial charge in [-0.3, -0.25) is 5.73 Å². The van der Waals surface area contributed by atoms with E-state index in [-0.39, 0.29) is 0 Å². The van der Waals surface area contributed by atoms with Crippen molar-refractivity contribution >= 4 is 11.5 Å². The minimum Gasteiger partial charge on any atom is -0.286 e. The first-order valence-electron chi connectivity index (χ1n) is 5.80. The summed E-state index contributed by atoms with van der Waals surface area (Å²) < 4.78 is 2.16. The van der Waals surface area contributed by atoms with E-state index in [9.17, 15) is 0 Å². The Hall–Kier alpha value is -2.09. The number of rotatable bonds is 1.